The summed E-state index contributed by atoms with van der Waals surface area (Å²) in [5, 5.41) is 8.02. The summed E-state index contributed by atoms with van der Waals surface area (Å²) in [5.41, 5.74) is 1.41. The molecule has 0 spiro atoms. The summed E-state index contributed by atoms with van der Waals surface area (Å²) in [6, 6.07) is 8.66. The number of carbonyl (C=O) groups is 2. The van der Waals surface area contributed by atoms with Gasteiger partial charge in [0.15, 0.2) is 6.04 Å². The molecule has 0 aromatic heterocycles. The van der Waals surface area contributed by atoms with Crippen LogP contribution in [0.2, 0.25) is 0 Å². The highest BCUT2D eigenvalue weighted by molar-refractivity contribution is 6.20. The standard InChI is InChI=1S/C12H13N3O2/c1-8(16)13-11-10(14-15(2)12(11)17)9-6-4-3-5-7-9/h3-7,11H,1-2H3,(H,13,16). The van der Waals surface area contributed by atoms with Crippen LogP contribution in [0.1, 0.15) is 12.5 Å². The summed E-state index contributed by atoms with van der Waals surface area (Å²) in [4.78, 5) is 22.9. The topological polar surface area (TPSA) is 61.8 Å². The van der Waals surface area contributed by atoms with Crippen LogP contribution >= 0.6 is 0 Å². The maximum atomic E-state index is 11.8. The Morgan fingerprint density at radius 2 is 2.00 bits per heavy atom. The highest BCUT2D eigenvalue weighted by atomic mass is 16.2. The van der Waals surface area contributed by atoms with E-state index in [4.69, 9.17) is 0 Å². The highest BCUT2D eigenvalue weighted by Gasteiger charge is 2.35. The fraction of sp³-hybridized carbons (Fsp3) is 0.250. The summed E-state index contributed by atoms with van der Waals surface area (Å²) in [6.45, 7) is 1.38. The Morgan fingerprint density at radius 3 is 2.59 bits per heavy atom. The molecule has 1 N–H and O–H groups in total. The molecule has 2 rings (SSSR count). The van der Waals surface area contributed by atoms with Crippen LogP contribution in [0.4, 0.5) is 0 Å². The van der Waals surface area contributed by atoms with E-state index in [0.29, 0.717) is 5.71 Å². The third-order valence-corrected chi connectivity index (χ3v) is 2.51. The van der Waals surface area contributed by atoms with Crippen molar-refractivity contribution >= 4 is 17.5 Å². The molecule has 2 amide bonds. The van der Waals surface area contributed by atoms with Crippen LogP contribution in [0.15, 0.2) is 35.4 Å². The molecule has 1 aromatic rings. The maximum Gasteiger partial charge on any atom is 0.271 e. The van der Waals surface area contributed by atoms with Gasteiger partial charge in [-0.1, -0.05) is 30.3 Å². The molecule has 1 aromatic carbocycles. The van der Waals surface area contributed by atoms with E-state index >= 15 is 0 Å². The smallest absolute Gasteiger partial charge is 0.271 e. The van der Waals surface area contributed by atoms with Crippen LogP contribution in [0.3, 0.4) is 0 Å². The van der Waals surface area contributed by atoms with Gasteiger partial charge in [-0.05, 0) is 0 Å². The molecule has 1 heterocycles. The second kappa shape index (κ2) is 4.37. The van der Waals surface area contributed by atoms with Gasteiger partial charge in [-0.2, -0.15) is 5.10 Å². The lowest BCUT2D eigenvalue weighted by atomic mass is 10.0. The number of nitrogens with zero attached hydrogens (tertiary/aromatic N) is 2. The Hall–Kier alpha value is -2.17. The second-order valence-corrected chi connectivity index (χ2v) is 3.85. The van der Waals surface area contributed by atoms with Crippen molar-refractivity contribution in [3.63, 3.8) is 0 Å². The van der Waals surface area contributed by atoms with E-state index in [1.165, 1.54) is 11.9 Å². The summed E-state index contributed by atoms with van der Waals surface area (Å²) in [6.07, 6.45) is 0. The molecule has 5 heteroatoms. The zero-order valence-electron chi connectivity index (χ0n) is 9.68. The van der Waals surface area contributed by atoms with Gasteiger partial charge >= 0.3 is 0 Å². The van der Waals surface area contributed by atoms with E-state index in [1.54, 1.807) is 7.05 Å². The normalized spacial score (nSPS) is 19.2. The molecule has 5 nitrogen and oxygen atoms in total. The van der Waals surface area contributed by atoms with E-state index in [0.717, 1.165) is 5.56 Å². The predicted octanol–water partition coefficient (Wildman–Crippen LogP) is 0.367. The quantitative estimate of drug-likeness (QED) is 0.799. The zero-order chi connectivity index (χ0) is 12.4. The monoisotopic (exact) mass is 231 g/mol. The molecule has 0 aliphatic carbocycles. The Bertz CT molecular complexity index is 482. The fourth-order valence-corrected chi connectivity index (χ4v) is 1.74. The molecule has 17 heavy (non-hydrogen) atoms. The summed E-state index contributed by atoms with van der Waals surface area (Å²) >= 11 is 0. The van der Waals surface area contributed by atoms with E-state index in [2.05, 4.69) is 10.4 Å². The third kappa shape index (κ3) is 2.18. The van der Waals surface area contributed by atoms with Gasteiger partial charge in [-0.3, -0.25) is 9.59 Å². The van der Waals surface area contributed by atoms with Crippen molar-refractivity contribution in [3.8, 4) is 0 Å². The lowest BCUT2D eigenvalue weighted by Gasteiger charge is -2.12. The number of hydrazone groups is 1. The maximum absolute atomic E-state index is 11.8. The molecule has 0 saturated heterocycles. The number of nitrogens with one attached hydrogen (secondary N) is 1. The number of benzene rings is 1. The first-order valence-corrected chi connectivity index (χ1v) is 5.28. The fourth-order valence-electron chi connectivity index (χ4n) is 1.74. The number of hydrogen-bond donors (Lipinski definition) is 1. The minimum absolute atomic E-state index is 0.223. The minimum atomic E-state index is -0.681. The minimum Gasteiger partial charge on any atom is -0.339 e. The Balaban J connectivity index is 2.34. The van der Waals surface area contributed by atoms with Crippen LogP contribution in [0.25, 0.3) is 0 Å². The van der Waals surface area contributed by atoms with Gasteiger partial charge in [0.25, 0.3) is 5.91 Å². The first-order valence-electron chi connectivity index (χ1n) is 5.28. The molecule has 0 bridgehead atoms. The Morgan fingerprint density at radius 1 is 1.35 bits per heavy atom. The lowest BCUT2D eigenvalue weighted by Crippen LogP contribution is -2.45. The van der Waals surface area contributed by atoms with Crippen molar-refractivity contribution in [3.05, 3.63) is 35.9 Å². The van der Waals surface area contributed by atoms with Crippen LogP contribution in [0.5, 0.6) is 0 Å². The number of rotatable bonds is 2. The molecule has 1 atom stereocenters. The molecule has 1 aliphatic rings. The highest BCUT2D eigenvalue weighted by Crippen LogP contribution is 2.14. The van der Waals surface area contributed by atoms with Gasteiger partial charge in [-0.25, -0.2) is 5.01 Å². The van der Waals surface area contributed by atoms with Crippen molar-refractivity contribution in [2.45, 2.75) is 13.0 Å². The van der Waals surface area contributed by atoms with E-state index in [-0.39, 0.29) is 11.8 Å². The average Bonchev–Trinajstić information content (AvgIpc) is 2.58. The number of hydrogen-bond acceptors (Lipinski definition) is 3. The average molecular weight is 231 g/mol. The molecule has 0 radical (unpaired) electrons. The van der Waals surface area contributed by atoms with Gasteiger partial charge in [0.05, 0.1) is 0 Å². The van der Waals surface area contributed by atoms with E-state index in [1.807, 2.05) is 30.3 Å². The van der Waals surface area contributed by atoms with Crippen LogP contribution < -0.4 is 5.32 Å². The largest absolute Gasteiger partial charge is 0.339 e. The van der Waals surface area contributed by atoms with Gasteiger partial charge in [-0.15, -0.1) is 0 Å². The molecule has 0 saturated carbocycles. The molecular weight excluding hydrogens is 218 g/mol. The van der Waals surface area contributed by atoms with Crippen LogP contribution in [0, 0.1) is 0 Å². The van der Waals surface area contributed by atoms with Crippen molar-refractivity contribution < 1.29 is 9.59 Å². The summed E-state index contributed by atoms with van der Waals surface area (Å²) < 4.78 is 0. The van der Waals surface area contributed by atoms with Gasteiger partial charge in [0.2, 0.25) is 5.91 Å². The first-order chi connectivity index (χ1) is 8.09. The first kappa shape index (κ1) is 11.3. The van der Waals surface area contributed by atoms with Gasteiger partial charge < -0.3 is 5.32 Å². The van der Waals surface area contributed by atoms with Crippen molar-refractivity contribution in [2.75, 3.05) is 7.05 Å². The van der Waals surface area contributed by atoms with Crippen LogP contribution in [-0.2, 0) is 9.59 Å². The summed E-state index contributed by atoms with van der Waals surface area (Å²) in [7, 11) is 1.58. The Labute approximate surface area is 99.1 Å². The lowest BCUT2D eigenvalue weighted by molar-refractivity contribution is -0.131. The van der Waals surface area contributed by atoms with Crippen molar-refractivity contribution in [2.24, 2.45) is 5.10 Å². The predicted molar refractivity (Wildman–Crippen MR) is 63.4 cm³/mol. The van der Waals surface area contributed by atoms with Crippen LogP contribution in [-0.4, -0.2) is 35.6 Å². The van der Waals surface area contributed by atoms with Gasteiger partial charge in [0.1, 0.15) is 5.71 Å². The third-order valence-electron chi connectivity index (χ3n) is 2.51. The SMILES string of the molecule is CC(=O)NC1C(=O)N(C)N=C1c1ccccc1. The number of likely N-dealkylation sites (N-methyl/N-ethyl adjacent to an activating group) is 1. The van der Waals surface area contributed by atoms with Crippen molar-refractivity contribution in [1.29, 1.82) is 0 Å². The molecule has 0 fully saturated rings. The summed E-state index contributed by atoms with van der Waals surface area (Å²) in [5.74, 6) is -0.471. The van der Waals surface area contributed by atoms with Crippen molar-refractivity contribution in [1.82, 2.24) is 10.3 Å². The zero-order valence-corrected chi connectivity index (χ0v) is 9.68. The number of amides is 2. The molecule has 88 valence electrons. The Kier molecular flexibility index (Phi) is 2.91. The molecule has 1 unspecified atom stereocenters. The molecule has 1 aliphatic heterocycles. The second-order valence-electron chi connectivity index (χ2n) is 3.85. The number of carbonyl (C=O) groups excluding carboxylic acids is 2. The van der Waals surface area contributed by atoms with E-state index in [9.17, 15) is 9.59 Å². The van der Waals surface area contributed by atoms with E-state index < -0.39 is 6.04 Å². The van der Waals surface area contributed by atoms with Gasteiger partial charge in [0, 0.05) is 19.5 Å². The molecular formula is C12H13N3O2.